The van der Waals surface area contributed by atoms with Crippen molar-refractivity contribution < 1.29 is 9.53 Å². The van der Waals surface area contributed by atoms with Crippen LogP contribution in [0.15, 0.2) is 34.8 Å². The molecule has 1 N–H and O–H groups in total. The molecule has 1 aromatic carbocycles. The zero-order valence-corrected chi connectivity index (χ0v) is 16.2. The van der Waals surface area contributed by atoms with Crippen molar-refractivity contribution in [2.45, 2.75) is 39.8 Å². The van der Waals surface area contributed by atoms with E-state index < -0.39 is 0 Å². The molecular weight excluding hydrogens is 356 g/mol. The average Bonchev–Trinajstić information content (AvgIpc) is 2.51. The summed E-state index contributed by atoms with van der Waals surface area (Å²) >= 11 is 3.49. The van der Waals surface area contributed by atoms with Gasteiger partial charge in [0.2, 0.25) is 5.91 Å². The topological polar surface area (TPSA) is 41.6 Å². The first kappa shape index (κ1) is 19.7. The highest BCUT2D eigenvalue weighted by Gasteiger charge is 2.21. The minimum atomic E-state index is -0.259. The van der Waals surface area contributed by atoms with Crippen molar-refractivity contribution >= 4 is 21.8 Å². The zero-order valence-electron chi connectivity index (χ0n) is 14.6. The van der Waals surface area contributed by atoms with E-state index in [-0.39, 0.29) is 18.0 Å². The lowest BCUT2D eigenvalue weighted by atomic mass is 10.1. The average molecular weight is 383 g/mol. The number of nitrogens with one attached hydrogen (secondary N) is 1. The smallest absolute Gasteiger partial charge is 0.239 e. The molecule has 1 aromatic rings. The maximum Gasteiger partial charge on any atom is 0.239 e. The number of halogens is 1. The number of carbonyl (C=O) groups excluding carboxylic acids is 1. The number of benzene rings is 1. The van der Waals surface area contributed by atoms with E-state index in [4.69, 9.17) is 4.74 Å². The van der Waals surface area contributed by atoms with Crippen molar-refractivity contribution in [2.75, 3.05) is 20.2 Å². The molecule has 4 nitrogen and oxygen atoms in total. The molecule has 0 saturated carbocycles. The Hall–Kier alpha value is -1.33. The van der Waals surface area contributed by atoms with Gasteiger partial charge >= 0.3 is 0 Å². The van der Waals surface area contributed by atoms with Crippen molar-refractivity contribution in [3.8, 4) is 5.75 Å². The van der Waals surface area contributed by atoms with Gasteiger partial charge in [0.1, 0.15) is 5.75 Å². The van der Waals surface area contributed by atoms with Crippen LogP contribution in [0.4, 0.5) is 0 Å². The van der Waals surface area contributed by atoms with Gasteiger partial charge in [0.05, 0.1) is 17.6 Å². The molecule has 0 aliphatic rings. The molecule has 1 amide bonds. The van der Waals surface area contributed by atoms with Gasteiger partial charge in [-0.05, 0) is 61.3 Å². The maximum atomic E-state index is 12.5. The molecule has 128 valence electrons. The molecule has 2 atom stereocenters. The van der Waals surface area contributed by atoms with E-state index in [0.29, 0.717) is 13.1 Å². The first-order valence-electron chi connectivity index (χ1n) is 7.82. The molecule has 0 saturated heterocycles. The fraction of sp³-hybridized carbons (Fsp3) is 0.500. The Morgan fingerprint density at radius 3 is 2.57 bits per heavy atom. The van der Waals surface area contributed by atoms with Crippen molar-refractivity contribution in [3.05, 3.63) is 40.4 Å². The minimum Gasteiger partial charge on any atom is -0.496 e. The van der Waals surface area contributed by atoms with Gasteiger partial charge in [-0.15, -0.1) is 0 Å². The second-order valence-corrected chi connectivity index (χ2v) is 6.67. The highest BCUT2D eigenvalue weighted by molar-refractivity contribution is 9.10. The van der Waals surface area contributed by atoms with E-state index in [1.165, 1.54) is 0 Å². The van der Waals surface area contributed by atoms with Gasteiger partial charge in [0, 0.05) is 19.1 Å². The first-order chi connectivity index (χ1) is 10.8. The number of methoxy groups -OCH3 is 1. The molecule has 0 aliphatic carbocycles. The minimum absolute atomic E-state index is 0.0553. The summed E-state index contributed by atoms with van der Waals surface area (Å²) in [6.07, 6.45) is 0. The van der Waals surface area contributed by atoms with Gasteiger partial charge < -0.3 is 9.64 Å². The quantitative estimate of drug-likeness (QED) is 0.692. The maximum absolute atomic E-state index is 12.5. The van der Waals surface area contributed by atoms with Crippen LogP contribution in [0.1, 0.15) is 39.3 Å². The third-order valence-corrected chi connectivity index (χ3v) is 4.32. The number of hydrogen-bond acceptors (Lipinski definition) is 3. The van der Waals surface area contributed by atoms with Crippen LogP contribution in [0, 0.1) is 0 Å². The number of rotatable bonds is 8. The molecule has 0 spiro atoms. The molecule has 1 rings (SSSR count). The summed E-state index contributed by atoms with van der Waals surface area (Å²) in [7, 11) is 1.64. The standard InChI is InChI=1S/C18H27BrN2O2/c1-7-21(11-12(2)3)18(22)14(5)20-13(4)15-8-9-17(23-6)16(19)10-15/h8-10,13-14,20H,2,7,11H2,1,3-6H3. The molecule has 0 fully saturated rings. The molecule has 5 heteroatoms. The fourth-order valence-corrected chi connectivity index (χ4v) is 3.00. The van der Waals surface area contributed by atoms with Gasteiger partial charge in [-0.2, -0.15) is 0 Å². The van der Waals surface area contributed by atoms with Gasteiger partial charge in [-0.1, -0.05) is 18.2 Å². The highest BCUT2D eigenvalue weighted by Crippen LogP contribution is 2.28. The van der Waals surface area contributed by atoms with Gasteiger partial charge in [0.15, 0.2) is 0 Å². The van der Waals surface area contributed by atoms with Crippen molar-refractivity contribution in [1.29, 1.82) is 0 Å². The zero-order chi connectivity index (χ0) is 17.6. The molecule has 0 bridgehead atoms. The number of nitrogens with zero attached hydrogens (tertiary/aromatic N) is 1. The Morgan fingerprint density at radius 1 is 1.43 bits per heavy atom. The molecule has 23 heavy (non-hydrogen) atoms. The van der Waals surface area contributed by atoms with E-state index in [1.54, 1.807) is 7.11 Å². The van der Waals surface area contributed by atoms with Gasteiger partial charge in [-0.25, -0.2) is 0 Å². The van der Waals surface area contributed by atoms with E-state index in [1.807, 2.05) is 50.8 Å². The van der Waals surface area contributed by atoms with Gasteiger partial charge in [0.25, 0.3) is 0 Å². The van der Waals surface area contributed by atoms with Crippen molar-refractivity contribution in [1.82, 2.24) is 10.2 Å². The summed E-state index contributed by atoms with van der Waals surface area (Å²) in [5.41, 5.74) is 2.08. The lowest BCUT2D eigenvalue weighted by Gasteiger charge is -2.27. The summed E-state index contributed by atoms with van der Waals surface area (Å²) in [4.78, 5) is 14.4. The molecule has 0 aromatic heterocycles. The molecule has 0 aliphatic heterocycles. The van der Waals surface area contributed by atoms with Crippen LogP contribution in [-0.2, 0) is 4.79 Å². The highest BCUT2D eigenvalue weighted by atomic mass is 79.9. The Labute approximate surface area is 148 Å². The Kier molecular flexibility index (Phi) is 7.79. The molecule has 0 heterocycles. The summed E-state index contributed by atoms with van der Waals surface area (Å²) in [5.74, 6) is 0.888. The predicted octanol–water partition coefficient (Wildman–Crippen LogP) is 3.92. The second kappa shape index (κ2) is 9.08. The summed E-state index contributed by atoms with van der Waals surface area (Å²) in [6, 6.07) is 5.73. The first-order valence-corrected chi connectivity index (χ1v) is 8.62. The second-order valence-electron chi connectivity index (χ2n) is 5.81. The predicted molar refractivity (Wildman–Crippen MR) is 98.8 cm³/mol. The molecule has 2 unspecified atom stereocenters. The van der Waals surface area contributed by atoms with Crippen LogP contribution < -0.4 is 10.1 Å². The number of hydrogen-bond donors (Lipinski definition) is 1. The SMILES string of the molecule is C=C(C)CN(CC)C(=O)C(C)NC(C)c1ccc(OC)c(Br)c1. The Bertz CT molecular complexity index is 560. The van der Waals surface area contributed by atoms with Crippen LogP contribution in [0.5, 0.6) is 5.75 Å². The molecule has 0 radical (unpaired) electrons. The van der Waals surface area contributed by atoms with E-state index in [2.05, 4.69) is 27.8 Å². The third kappa shape index (κ3) is 5.66. The fourth-order valence-electron chi connectivity index (χ4n) is 2.44. The van der Waals surface area contributed by atoms with Crippen LogP contribution in [0.3, 0.4) is 0 Å². The monoisotopic (exact) mass is 382 g/mol. The lowest BCUT2D eigenvalue weighted by molar-refractivity contribution is -0.132. The van der Waals surface area contributed by atoms with E-state index in [9.17, 15) is 4.79 Å². The number of ether oxygens (including phenoxy) is 1. The van der Waals surface area contributed by atoms with E-state index >= 15 is 0 Å². The number of carbonyl (C=O) groups is 1. The van der Waals surface area contributed by atoms with E-state index in [0.717, 1.165) is 21.4 Å². The van der Waals surface area contributed by atoms with Crippen LogP contribution in [-0.4, -0.2) is 37.0 Å². The third-order valence-electron chi connectivity index (χ3n) is 3.70. The Balaban J connectivity index is 2.75. The summed E-state index contributed by atoms with van der Waals surface area (Å²) < 4.78 is 6.15. The Morgan fingerprint density at radius 2 is 2.09 bits per heavy atom. The normalized spacial score (nSPS) is 13.3. The lowest BCUT2D eigenvalue weighted by Crippen LogP contribution is -2.46. The largest absolute Gasteiger partial charge is 0.496 e. The van der Waals surface area contributed by atoms with Crippen molar-refractivity contribution in [2.24, 2.45) is 0 Å². The van der Waals surface area contributed by atoms with Gasteiger partial charge in [-0.3, -0.25) is 10.1 Å². The van der Waals surface area contributed by atoms with Crippen LogP contribution in [0.2, 0.25) is 0 Å². The van der Waals surface area contributed by atoms with Crippen molar-refractivity contribution in [3.63, 3.8) is 0 Å². The summed E-state index contributed by atoms with van der Waals surface area (Å²) in [5, 5.41) is 3.37. The number of amides is 1. The summed E-state index contributed by atoms with van der Waals surface area (Å²) in [6.45, 7) is 13.0. The van der Waals surface area contributed by atoms with Crippen LogP contribution >= 0.6 is 15.9 Å². The number of likely N-dealkylation sites (N-methyl/N-ethyl adjacent to an activating group) is 1. The molecular formula is C18H27BrN2O2. The van der Waals surface area contributed by atoms with Crippen LogP contribution in [0.25, 0.3) is 0 Å².